The fraction of sp³-hybridized carbons (Fsp3) is 0.739. The van der Waals surface area contributed by atoms with E-state index < -0.39 is 36.2 Å². The summed E-state index contributed by atoms with van der Waals surface area (Å²) in [4.78, 5) is -1.39. The van der Waals surface area contributed by atoms with Gasteiger partial charge in [0, 0.05) is 12.6 Å². The molecule has 0 unspecified atom stereocenters. The Morgan fingerprint density at radius 3 is 1.83 bits per heavy atom. The molecule has 0 radical (unpaired) electrons. The van der Waals surface area contributed by atoms with E-state index in [0.717, 1.165) is 5.56 Å². The highest BCUT2D eigenvalue weighted by molar-refractivity contribution is 7.89. The van der Waals surface area contributed by atoms with Crippen LogP contribution in [0.1, 0.15) is 58.9 Å². The highest BCUT2D eigenvalue weighted by Gasteiger charge is 2.71. The number of aryl methyl sites for hydroxylation is 1. The molecule has 0 aromatic heterocycles. The van der Waals surface area contributed by atoms with E-state index in [1.54, 1.807) is 52.0 Å². The number of hydrogen-bond donors (Lipinski definition) is 0. The standard InChI is InChI=1S/C23H39NO8P2S/c1-6-29-33(25,30-7-2)23(34(26,31-8-3)32-9-4)17-20-11-10-16-24(22(20)18-23)35(27,28)21-14-12-19(5)13-15-21/h12-15,20,22H,6-11,16-18H2,1-5H3/t20-,22+/m0/s1. The zero-order chi connectivity index (χ0) is 25.9. The summed E-state index contributed by atoms with van der Waals surface area (Å²) in [7, 11) is -11.9. The summed E-state index contributed by atoms with van der Waals surface area (Å²) >= 11 is 0. The van der Waals surface area contributed by atoms with E-state index >= 15 is 0 Å². The van der Waals surface area contributed by atoms with Gasteiger partial charge in [0.2, 0.25) is 10.0 Å². The van der Waals surface area contributed by atoms with Gasteiger partial charge in [0.1, 0.15) is 0 Å². The number of fused-ring (bicyclic) bond motifs is 1. The van der Waals surface area contributed by atoms with Crippen LogP contribution < -0.4 is 0 Å². The Bertz CT molecular complexity index is 1010. The summed E-state index contributed by atoms with van der Waals surface area (Å²) < 4.78 is 80.7. The van der Waals surface area contributed by atoms with Gasteiger partial charge in [0.05, 0.1) is 31.3 Å². The summed E-state index contributed by atoms with van der Waals surface area (Å²) in [6.45, 7) is 9.34. The van der Waals surface area contributed by atoms with Crippen molar-refractivity contribution in [2.75, 3.05) is 33.0 Å². The molecule has 1 saturated carbocycles. The molecule has 2 atom stereocenters. The van der Waals surface area contributed by atoms with E-state index in [-0.39, 0.29) is 50.1 Å². The van der Waals surface area contributed by atoms with Crippen molar-refractivity contribution in [2.45, 2.75) is 76.1 Å². The molecule has 3 rings (SSSR count). The summed E-state index contributed by atoms with van der Waals surface area (Å²) in [5, 5.41) is 0. The molecule has 12 heteroatoms. The van der Waals surface area contributed by atoms with Gasteiger partial charge >= 0.3 is 15.2 Å². The predicted octanol–water partition coefficient (Wildman–Crippen LogP) is 5.79. The van der Waals surface area contributed by atoms with Crippen LogP contribution in [0.15, 0.2) is 29.2 Å². The van der Waals surface area contributed by atoms with Crippen LogP contribution in [0.4, 0.5) is 0 Å². The zero-order valence-corrected chi connectivity index (χ0v) is 23.9. The lowest BCUT2D eigenvalue weighted by atomic mass is 9.94. The summed E-state index contributed by atoms with van der Waals surface area (Å²) in [6, 6.07) is 6.22. The maximum Gasteiger partial charge on any atom is 0.348 e. The Morgan fingerprint density at radius 2 is 1.37 bits per heavy atom. The van der Waals surface area contributed by atoms with Crippen LogP contribution in [0.3, 0.4) is 0 Å². The minimum atomic E-state index is -4.04. The van der Waals surface area contributed by atoms with Crippen molar-refractivity contribution in [1.82, 2.24) is 4.31 Å². The fourth-order valence-corrected chi connectivity index (χ4v) is 13.2. The van der Waals surface area contributed by atoms with E-state index in [0.29, 0.717) is 19.4 Å². The number of piperidine rings is 1. The third-order valence-corrected chi connectivity index (χ3v) is 15.4. The molecular weight excluding hydrogens is 512 g/mol. The quantitative estimate of drug-likeness (QED) is 0.301. The van der Waals surface area contributed by atoms with E-state index in [2.05, 4.69) is 0 Å². The Kier molecular flexibility index (Phi) is 9.48. The minimum absolute atomic E-state index is 0.0112. The molecule has 0 bridgehead atoms. The fourth-order valence-electron chi connectivity index (χ4n) is 5.42. The van der Waals surface area contributed by atoms with Gasteiger partial charge in [-0.3, -0.25) is 9.13 Å². The molecule has 9 nitrogen and oxygen atoms in total. The van der Waals surface area contributed by atoms with E-state index in [9.17, 15) is 17.5 Å². The summed E-state index contributed by atoms with van der Waals surface area (Å²) in [6.07, 6.45) is 1.54. The lowest BCUT2D eigenvalue weighted by Crippen LogP contribution is -2.46. The average molecular weight is 552 g/mol. The molecule has 1 heterocycles. The van der Waals surface area contributed by atoms with Crippen molar-refractivity contribution >= 4 is 25.2 Å². The first kappa shape index (κ1) is 29.0. The second kappa shape index (κ2) is 11.4. The van der Waals surface area contributed by atoms with Crippen molar-refractivity contribution in [1.29, 1.82) is 0 Å². The molecule has 1 aromatic rings. The second-order valence-electron chi connectivity index (χ2n) is 8.96. The maximum atomic E-state index is 14.4. The van der Waals surface area contributed by atoms with Gasteiger partial charge in [0.15, 0.2) is 4.90 Å². The van der Waals surface area contributed by atoms with E-state index in [4.69, 9.17) is 18.1 Å². The van der Waals surface area contributed by atoms with Crippen molar-refractivity contribution in [3.05, 3.63) is 29.8 Å². The highest BCUT2D eigenvalue weighted by atomic mass is 32.2. The summed E-state index contributed by atoms with van der Waals surface area (Å²) in [5.74, 6) is -0.188. The Balaban J connectivity index is 2.14. The first-order valence-electron chi connectivity index (χ1n) is 12.4. The molecule has 1 aliphatic heterocycles. The number of hydrogen-bond acceptors (Lipinski definition) is 8. The Hall–Kier alpha value is -0.570. The van der Waals surface area contributed by atoms with Gasteiger partial charge in [-0.05, 0) is 78.4 Å². The normalized spacial score (nSPS) is 23.3. The van der Waals surface area contributed by atoms with Crippen molar-refractivity contribution in [3.63, 3.8) is 0 Å². The third-order valence-electron chi connectivity index (χ3n) is 6.84. The molecule has 0 spiro atoms. The Morgan fingerprint density at radius 1 is 0.886 bits per heavy atom. The zero-order valence-electron chi connectivity index (χ0n) is 21.3. The molecule has 2 aliphatic rings. The molecule has 2 fully saturated rings. The maximum absolute atomic E-state index is 14.4. The lowest BCUT2D eigenvalue weighted by molar-refractivity contribution is 0.175. The third kappa shape index (κ3) is 5.23. The molecule has 200 valence electrons. The number of nitrogens with zero attached hydrogens (tertiary/aromatic N) is 1. The minimum Gasteiger partial charge on any atom is -0.308 e. The second-order valence-corrected chi connectivity index (χ2v) is 15.9. The van der Waals surface area contributed by atoms with E-state index in [1.807, 2.05) is 6.92 Å². The van der Waals surface area contributed by atoms with Gasteiger partial charge in [-0.25, -0.2) is 8.42 Å². The Labute approximate surface area is 210 Å². The molecule has 1 saturated heterocycles. The number of sulfonamides is 1. The van der Waals surface area contributed by atoms with Gasteiger partial charge < -0.3 is 18.1 Å². The first-order valence-corrected chi connectivity index (χ1v) is 16.9. The van der Waals surface area contributed by atoms with Gasteiger partial charge in [-0.2, -0.15) is 4.31 Å². The van der Waals surface area contributed by atoms with Crippen LogP contribution in [0, 0.1) is 12.8 Å². The smallest absolute Gasteiger partial charge is 0.308 e. The molecule has 1 aliphatic carbocycles. The monoisotopic (exact) mass is 551 g/mol. The van der Waals surface area contributed by atoms with Crippen LogP contribution in [-0.4, -0.2) is 56.6 Å². The predicted molar refractivity (Wildman–Crippen MR) is 135 cm³/mol. The van der Waals surface area contributed by atoms with Crippen LogP contribution in [-0.2, 0) is 37.2 Å². The van der Waals surface area contributed by atoms with Crippen LogP contribution in [0.25, 0.3) is 0 Å². The average Bonchev–Trinajstić information content (AvgIpc) is 3.22. The topological polar surface area (TPSA) is 108 Å². The van der Waals surface area contributed by atoms with Gasteiger partial charge in [-0.15, -0.1) is 0 Å². The largest absolute Gasteiger partial charge is 0.348 e. The lowest BCUT2D eigenvalue weighted by Gasteiger charge is -2.40. The van der Waals surface area contributed by atoms with Crippen LogP contribution >= 0.6 is 15.2 Å². The highest BCUT2D eigenvalue weighted by Crippen LogP contribution is 2.83. The molecule has 0 N–H and O–H groups in total. The molecule has 1 aromatic carbocycles. The molecule has 0 amide bonds. The van der Waals surface area contributed by atoms with Crippen LogP contribution in [0.5, 0.6) is 0 Å². The van der Waals surface area contributed by atoms with Crippen LogP contribution in [0.2, 0.25) is 0 Å². The summed E-state index contributed by atoms with van der Waals surface area (Å²) in [5.41, 5.74) is 0.962. The van der Waals surface area contributed by atoms with Crippen molar-refractivity contribution < 1.29 is 35.6 Å². The number of rotatable bonds is 12. The first-order chi connectivity index (χ1) is 16.5. The number of benzene rings is 1. The SMILES string of the molecule is CCOP(=O)(OCC)C1(P(=O)(OCC)OCC)C[C@@H]2CCCN(S(=O)(=O)c3ccc(C)cc3)[C@@H]2C1. The van der Waals surface area contributed by atoms with Gasteiger partial charge in [-0.1, -0.05) is 17.7 Å². The van der Waals surface area contributed by atoms with Gasteiger partial charge in [0.25, 0.3) is 0 Å². The van der Waals surface area contributed by atoms with Crippen molar-refractivity contribution in [2.24, 2.45) is 5.92 Å². The molecular formula is C23H39NO8P2S. The molecule has 35 heavy (non-hydrogen) atoms. The van der Waals surface area contributed by atoms with Crippen molar-refractivity contribution in [3.8, 4) is 0 Å². The van der Waals surface area contributed by atoms with E-state index in [1.165, 1.54) is 4.31 Å².